The van der Waals surface area contributed by atoms with E-state index in [1.807, 2.05) is 11.0 Å². The second-order valence-corrected chi connectivity index (χ2v) is 5.43. The van der Waals surface area contributed by atoms with Crippen LogP contribution in [0.1, 0.15) is 21.5 Å². The number of pyridine rings is 1. The standard InChI is InChI=1S/C15H13BrN2O/c16-14-9-12(5-7-17-14)15(19)18-8-6-11-3-1-2-4-13(11)10-18/h1-5,7,9H,6,8,10H2. The van der Waals surface area contributed by atoms with Gasteiger partial charge in [-0.1, -0.05) is 24.3 Å². The van der Waals surface area contributed by atoms with Crippen molar-refractivity contribution in [1.82, 2.24) is 9.88 Å². The Hall–Kier alpha value is -1.68. The van der Waals surface area contributed by atoms with Crippen LogP contribution >= 0.6 is 15.9 Å². The van der Waals surface area contributed by atoms with Gasteiger partial charge in [0, 0.05) is 24.8 Å². The van der Waals surface area contributed by atoms with E-state index in [0.717, 1.165) is 13.0 Å². The SMILES string of the molecule is O=C(c1ccnc(Br)c1)N1CCc2ccccc2C1. The van der Waals surface area contributed by atoms with Crippen LogP contribution in [0, 0.1) is 0 Å². The second kappa shape index (κ2) is 5.13. The van der Waals surface area contributed by atoms with E-state index in [1.165, 1.54) is 11.1 Å². The highest BCUT2D eigenvalue weighted by atomic mass is 79.9. The fourth-order valence-corrected chi connectivity index (χ4v) is 2.75. The van der Waals surface area contributed by atoms with E-state index in [9.17, 15) is 4.79 Å². The zero-order valence-electron chi connectivity index (χ0n) is 10.3. The number of nitrogens with zero attached hydrogens (tertiary/aromatic N) is 2. The minimum absolute atomic E-state index is 0.0672. The van der Waals surface area contributed by atoms with Crippen molar-refractivity contribution in [1.29, 1.82) is 0 Å². The molecule has 0 unspecified atom stereocenters. The van der Waals surface area contributed by atoms with Crippen LogP contribution < -0.4 is 0 Å². The van der Waals surface area contributed by atoms with Gasteiger partial charge < -0.3 is 4.90 Å². The van der Waals surface area contributed by atoms with E-state index in [0.29, 0.717) is 16.7 Å². The van der Waals surface area contributed by atoms with Crippen molar-refractivity contribution in [3.8, 4) is 0 Å². The molecule has 0 saturated heterocycles. The van der Waals surface area contributed by atoms with Crippen molar-refractivity contribution in [3.05, 3.63) is 63.9 Å². The lowest BCUT2D eigenvalue weighted by molar-refractivity contribution is 0.0734. The topological polar surface area (TPSA) is 33.2 Å². The van der Waals surface area contributed by atoms with Crippen LogP contribution in [0.25, 0.3) is 0 Å². The average Bonchev–Trinajstić information content (AvgIpc) is 2.46. The number of hydrogen-bond donors (Lipinski definition) is 0. The molecule has 4 heteroatoms. The minimum atomic E-state index is 0.0672. The van der Waals surface area contributed by atoms with E-state index in [4.69, 9.17) is 0 Å². The van der Waals surface area contributed by atoms with Gasteiger partial charge in [0.05, 0.1) is 0 Å². The molecule has 0 saturated carbocycles. The fraction of sp³-hybridized carbons (Fsp3) is 0.200. The van der Waals surface area contributed by atoms with Gasteiger partial charge in [-0.2, -0.15) is 0 Å². The lowest BCUT2D eigenvalue weighted by Gasteiger charge is -2.28. The third-order valence-corrected chi connectivity index (χ3v) is 3.83. The van der Waals surface area contributed by atoms with Crippen molar-refractivity contribution >= 4 is 21.8 Å². The number of amides is 1. The summed E-state index contributed by atoms with van der Waals surface area (Å²) in [6, 6.07) is 11.8. The Morgan fingerprint density at radius 3 is 2.79 bits per heavy atom. The number of fused-ring (bicyclic) bond motifs is 1. The Morgan fingerprint density at radius 2 is 2.00 bits per heavy atom. The summed E-state index contributed by atoms with van der Waals surface area (Å²) in [7, 11) is 0. The summed E-state index contributed by atoms with van der Waals surface area (Å²) in [5.41, 5.74) is 3.28. The van der Waals surface area contributed by atoms with E-state index >= 15 is 0 Å². The lowest BCUT2D eigenvalue weighted by atomic mass is 9.99. The van der Waals surface area contributed by atoms with E-state index < -0.39 is 0 Å². The van der Waals surface area contributed by atoms with Crippen molar-refractivity contribution in [2.75, 3.05) is 6.54 Å². The van der Waals surface area contributed by atoms with Gasteiger partial charge in [-0.3, -0.25) is 4.79 Å². The maximum absolute atomic E-state index is 12.4. The zero-order chi connectivity index (χ0) is 13.2. The van der Waals surface area contributed by atoms with Crippen molar-refractivity contribution in [2.24, 2.45) is 0 Å². The van der Waals surface area contributed by atoms with Crippen LogP contribution in [0.15, 0.2) is 47.2 Å². The van der Waals surface area contributed by atoms with Gasteiger partial charge in [0.15, 0.2) is 0 Å². The van der Waals surface area contributed by atoms with Crippen molar-refractivity contribution in [3.63, 3.8) is 0 Å². The minimum Gasteiger partial charge on any atom is -0.334 e. The summed E-state index contributed by atoms with van der Waals surface area (Å²) in [6.07, 6.45) is 2.57. The summed E-state index contributed by atoms with van der Waals surface area (Å²) in [6.45, 7) is 1.46. The number of benzene rings is 1. The third-order valence-electron chi connectivity index (χ3n) is 3.39. The number of rotatable bonds is 1. The maximum Gasteiger partial charge on any atom is 0.254 e. The molecular formula is C15H13BrN2O. The molecule has 1 aliphatic heterocycles. The van der Waals surface area contributed by atoms with E-state index in [2.05, 4.69) is 39.1 Å². The first kappa shape index (κ1) is 12.4. The van der Waals surface area contributed by atoms with Crippen molar-refractivity contribution in [2.45, 2.75) is 13.0 Å². The molecule has 0 aliphatic carbocycles. The summed E-state index contributed by atoms with van der Waals surface area (Å²) >= 11 is 3.30. The van der Waals surface area contributed by atoms with Gasteiger partial charge in [0.2, 0.25) is 0 Å². The number of hydrogen-bond acceptors (Lipinski definition) is 2. The molecule has 3 nitrogen and oxygen atoms in total. The Kier molecular flexibility index (Phi) is 3.34. The van der Waals surface area contributed by atoms with E-state index in [-0.39, 0.29) is 5.91 Å². The first-order valence-corrected chi connectivity index (χ1v) is 7.01. The summed E-state index contributed by atoms with van der Waals surface area (Å²) in [5, 5.41) is 0. The molecule has 96 valence electrons. The summed E-state index contributed by atoms with van der Waals surface area (Å²) in [4.78, 5) is 18.4. The summed E-state index contributed by atoms with van der Waals surface area (Å²) < 4.78 is 0.691. The second-order valence-electron chi connectivity index (χ2n) is 4.61. The first-order chi connectivity index (χ1) is 9.24. The Morgan fingerprint density at radius 1 is 1.21 bits per heavy atom. The van der Waals surface area contributed by atoms with Crippen LogP contribution in [-0.4, -0.2) is 22.3 Å². The molecule has 3 rings (SSSR count). The van der Waals surface area contributed by atoms with Crippen LogP contribution in [0.2, 0.25) is 0 Å². The summed E-state index contributed by atoms with van der Waals surface area (Å²) in [5.74, 6) is 0.0672. The van der Waals surface area contributed by atoms with Gasteiger partial charge in [0.1, 0.15) is 4.60 Å². The number of aromatic nitrogens is 1. The number of halogens is 1. The molecule has 1 aromatic heterocycles. The molecule has 2 heterocycles. The molecule has 0 radical (unpaired) electrons. The molecular weight excluding hydrogens is 304 g/mol. The van der Waals surface area contributed by atoms with Gasteiger partial charge in [-0.15, -0.1) is 0 Å². The van der Waals surface area contributed by atoms with Crippen molar-refractivity contribution < 1.29 is 4.79 Å². The fourth-order valence-electron chi connectivity index (χ4n) is 2.39. The van der Waals surface area contributed by atoms with Crippen LogP contribution in [0.5, 0.6) is 0 Å². The molecule has 0 fully saturated rings. The highest BCUT2D eigenvalue weighted by molar-refractivity contribution is 9.10. The van der Waals surface area contributed by atoms with Crippen LogP contribution in [0.4, 0.5) is 0 Å². The normalized spacial score (nSPS) is 14.1. The zero-order valence-corrected chi connectivity index (χ0v) is 11.9. The third kappa shape index (κ3) is 2.54. The molecule has 0 atom stereocenters. The van der Waals surface area contributed by atoms with Gasteiger partial charge in [0.25, 0.3) is 5.91 Å². The van der Waals surface area contributed by atoms with Crippen LogP contribution in [-0.2, 0) is 13.0 Å². The molecule has 1 aromatic carbocycles. The molecule has 0 bridgehead atoms. The van der Waals surface area contributed by atoms with Gasteiger partial charge in [-0.25, -0.2) is 4.98 Å². The predicted octanol–water partition coefficient (Wildman–Crippen LogP) is 3.04. The highest BCUT2D eigenvalue weighted by Crippen LogP contribution is 2.20. The average molecular weight is 317 g/mol. The van der Waals surface area contributed by atoms with Gasteiger partial charge >= 0.3 is 0 Å². The van der Waals surface area contributed by atoms with Gasteiger partial charge in [-0.05, 0) is 45.6 Å². The van der Waals surface area contributed by atoms with E-state index in [1.54, 1.807) is 18.3 Å². The number of carbonyl (C=O) groups is 1. The van der Waals surface area contributed by atoms with Crippen LogP contribution in [0.3, 0.4) is 0 Å². The maximum atomic E-state index is 12.4. The Bertz CT molecular complexity index is 627. The molecule has 0 N–H and O–H groups in total. The molecule has 1 amide bonds. The smallest absolute Gasteiger partial charge is 0.254 e. The lowest BCUT2D eigenvalue weighted by Crippen LogP contribution is -2.35. The molecule has 2 aromatic rings. The Balaban J connectivity index is 1.83. The highest BCUT2D eigenvalue weighted by Gasteiger charge is 2.21. The quantitative estimate of drug-likeness (QED) is 0.758. The number of carbonyl (C=O) groups excluding carboxylic acids is 1. The first-order valence-electron chi connectivity index (χ1n) is 6.21. The predicted molar refractivity (Wildman–Crippen MR) is 76.8 cm³/mol. The molecule has 19 heavy (non-hydrogen) atoms. The largest absolute Gasteiger partial charge is 0.334 e. The monoisotopic (exact) mass is 316 g/mol. The molecule has 0 spiro atoms. The Labute approximate surface area is 120 Å². The molecule has 1 aliphatic rings.